The first-order valence-electron chi connectivity index (χ1n) is 8.29. The average molecular weight is 302 g/mol. The standard InChI is InChI=1S/C18H26N2O2/c1-14(21)15-8-10-16(11-9-15)18(22)20-13-12-19-17-6-4-2-3-5-7-17/h8-11,17,19H,2-7,12-13H2,1H3,(H,20,22). The number of hydrogen-bond acceptors (Lipinski definition) is 3. The summed E-state index contributed by atoms with van der Waals surface area (Å²) in [6, 6.07) is 7.40. The number of benzene rings is 1. The number of Topliss-reactive ketones (excluding diaryl/α,β-unsaturated/α-hetero) is 1. The number of carbonyl (C=O) groups excluding carboxylic acids is 2. The van der Waals surface area contributed by atoms with Gasteiger partial charge in [-0.3, -0.25) is 9.59 Å². The summed E-state index contributed by atoms with van der Waals surface area (Å²) in [5, 5.41) is 6.45. The minimum atomic E-state index is -0.0854. The number of rotatable bonds is 6. The lowest BCUT2D eigenvalue weighted by Gasteiger charge is -2.16. The van der Waals surface area contributed by atoms with Crippen LogP contribution in [-0.2, 0) is 0 Å². The van der Waals surface area contributed by atoms with Crippen molar-refractivity contribution in [3.63, 3.8) is 0 Å². The molecule has 2 rings (SSSR count). The molecule has 1 aromatic rings. The van der Waals surface area contributed by atoms with Crippen LogP contribution < -0.4 is 10.6 Å². The van der Waals surface area contributed by atoms with Crippen LogP contribution >= 0.6 is 0 Å². The molecular weight excluding hydrogens is 276 g/mol. The van der Waals surface area contributed by atoms with Crippen LogP contribution in [0.1, 0.15) is 66.2 Å². The summed E-state index contributed by atoms with van der Waals surface area (Å²) in [6.07, 6.45) is 7.83. The average Bonchev–Trinajstić information content (AvgIpc) is 2.80. The van der Waals surface area contributed by atoms with Crippen LogP contribution in [0.15, 0.2) is 24.3 Å². The number of ketones is 1. The summed E-state index contributed by atoms with van der Waals surface area (Å²) >= 11 is 0. The first kappa shape index (κ1) is 16.7. The van der Waals surface area contributed by atoms with Crippen molar-refractivity contribution < 1.29 is 9.59 Å². The van der Waals surface area contributed by atoms with Gasteiger partial charge in [-0.2, -0.15) is 0 Å². The fourth-order valence-corrected chi connectivity index (χ4v) is 2.89. The topological polar surface area (TPSA) is 58.2 Å². The molecule has 22 heavy (non-hydrogen) atoms. The highest BCUT2D eigenvalue weighted by Gasteiger charge is 2.11. The van der Waals surface area contributed by atoms with E-state index in [1.165, 1.54) is 45.4 Å². The van der Waals surface area contributed by atoms with Crippen molar-refractivity contribution in [1.82, 2.24) is 10.6 Å². The Labute approximate surface area is 132 Å². The highest BCUT2D eigenvalue weighted by Crippen LogP contribution is 2.16. The maximum atomic E-state index is 12.0. The fourth-order valence-electron chi connectivity index (χ4n) is 2.89. The summed E-state index contributed by atoms with van der Waals surface area (Å²) in [5.74, 6) is -0.0719. The molecule has 1 aromatic carbocycles. The molecule has 4 nitrogen and oxygen atoms in total. The minimum absolute atomic E-state index is 0.0135. The van der Waals surface area contributed by atoms with Crippen molar-refractivity contribution in [1.29, 1.82) is 0 Å². The lowest BCUT2D eigenvalue weighted by atomic mass is 10.1. The van der Waals surface area contributed by atoms with Crippen LogP contribution in [0.2, 0.25) is 0 Å². The molecule has 1 aliphatic carbocycles. The van der Waals surface area contributed by atoms with Gasteiger partial charge in [0.1, 0.15) is 0 Å². The van der Waals surface area contributed by atoms with Crippen LogP contribution in [0.25, 0.3) is 0 Å². The van der Waals surface area contributed by atoms with E-state index in [2.05, 4.69) is 10.6 Å². The molecule has 0 radical (unpaired) electrons. The zero-order valence-electron chi connectivity index (χ0n) is 13.4. The fraction of sp³-hybridized carbons (Fsp3) is 0.556. The van der Waals surface area contributed by atoms with E-state index < -0.39 is 0 Å². The first-order chi connectivity index (χ1) is 10.7. The third-order valence-electron chi connectivity index (χ3n) is 4.25. The molecular formula is C18H26N2O2. The third-order valence-corrected chi connectivity index (χ3v) is 4.25. The maximum Gasteiger partial charge on any atom is 0.251 e. The molecule has 2 N–H and O–H groups in total. The second kappa shape index (κ2) is 8.69. The molecule has 1 fully saturated rings. The van der Waals surface area contributed by atoms with Gasteiger partial charge in [0, 0.05) is 30.3 Å². The summed E-state index contributed by atoms with van der Waals surface area (Å²) in [4.78, 5) is 23.2. The van der Waals surface area contributed by atoms with Gasteiger partial charge in [-0.1, -0.05) is 37.8 Å². The molecule has 0 unspecified atom stereocenters. The zero-order chi connectivity index (χ0) is 15.8. The summed E-state index contributed by atoms with van der Waals surface area (Å²) in [7, 11) is 0. The van der Waals surface area contributed by atoms with E-state index in [0.29, 0.717) is 23.7 Å². The van der Waals surface area contributed by atoms with E-state index in [1.807, 2.05) is 0 Å². The lowest BCUT2D eigenvalue weighted by Crippen LogP contribution is -2.36. The van der Waals surface area contributed by atoms with Crippen LogP contribution in [0.3, 0.4) is 0 Å². The van der Waals surface area contributed by atoms with Crippen molar-refractivity contribution in [2.45, 2.75) is 51.5 Å². The van der Waals surface area contributed by atoms with Gasteiger partial charge in [-0.25, -0.2) is 0 Å². The summed E-state index contributed by atoms with van der Waals surface area (Å²) in [5.41, 5.74) is 1.23. The smallest absolute Gasteiger partial charge is 0.251 e. The highest BCUT2D eigenvalue weighted by atomic mass is 16.1. The van der Waals surface area contributed by atoms with E-state index in [4.69, 9.17) is 0 Å². The second-order valence-electron chi connectivity index (χ2n) is 6.03. The molecule has 0 aliphatic heterocycles. The highest BCUT2D eigenvalue weighted by molar-refractivity contribution is 5.97. The molecule has 0 heterocycles. The quantitative estimate of drug-likeness (QED) is 0.482. The van der Waals surface area contributed by atoms with Gasteiger partial charge >= 0.3 is 0 Å². The van der Waals surface area contributed by atoms with Gasteiger partial charge in [-0.05, 0) is 31.9 Å². The van der Waals surface area contributed by atoms with Gasteiger partial charge in [0.25, 0.3) is 5.91 Å². The largest absolute Gasteiger partial charge is 0.351 e. The Hall–Kier alpha value is -1.68. The molecule has 0 bridgehead atoms. The Morgan fingerprint density at radius 3 is 2.14 bits per heavy atom. The molecule has 1 aliphatic rings. The second-order valence-corrected chi connectivity index (χ2v) is 6.03. The van der Waals surface area contributed by atoms with Crippen LogP contribution in [0.5, 0.6) is 0 Å². The van der Waals surface area contributed by atoms with Gasteiger partial charge in [0.15, 0.2) is 5.78 Å². The van der Waals surface area contributed by atoms with Crippen molar-refractivity contribution in [2.75, 3.05) is 13.1 Å². The normalized spacial score (nSPS) is 16.0. The van der Waals surface area contributed by atoms with Crippen molar-refractivity contribution >= 4 is 11.7 Å². The summed E-state index contributed by atoms with van der Waals surface area (Å²) in [6.45, 7) is 2.96. The molecule has 0 aromatic heterocycles. The third kappa shape index (κ3) is 5.26. The van der Waals surface area contributed by atoms with Gasteiger partial charge in [-0.15, -0.1) is 0 Å². The lowest BCUT2D eigenvalue weighted by molar-refractivity contribution is 0.0951. The van der Waals surface area contributed by atoms with Gasteiger partial charge < -0.3 is 10.6 Å². The number of amides is 1. The Morgan fingerprint density at radius 1 is 0.955 bits per heavy atom. The number of hydrogen-bond donors (Lipinski definition) is 2. The SMILES string of the molecule is CC(=O)c1ccc(C(=O)NCCNC2CCCCCC2)cc1. The van der Waals surface area contributed by atoms with E-state index in [-0.39, 0.29) is 11.7 Å². The minimum Gasteiger partial charge on any atom is -0.351 e. The predicted octanol–water partition coefficient (Wildman–Crippen LogP) is 2.93. The molecule has 0 atom stereocenters. The van der Waals surface area contributed by atoms with Crippen molar-refractivity contribution in [3.05, 3.63) is 35.4 Å². The van der Waals surface area contributed by atoms with Crippen molar-refractivity contribution in [2.24, 2.45) is 0 Å². The van der Waals surface area contributed by atoms with Crippen LogP contribution in [0.4, 0.5) is 0 Å². The molecule has 4 heteroatoms. The molecule has 0 saturated heterocycles. The van der Waals surface area contributed by atoms with Gasteiger partial charge in [0.05, 0.1) is 0 Å². The first-order valence-corrected chi connectivity index (χ1v) is 8.29. The van der Waals surface area contributed by atoms with Crippen molar-refractivity contribution in [3.8, 4) is 0 Å². The van der Waals surface area contributed by atoms with E-state index in [1.54, 1.807) is 24.3 Å². The Balaban J connectivity index is 1.69. The monoisotopic (exact) mass is 302 g/mol. The van der Waals surface area contributed by atoms with Crippen LogP contribution in [0, 0.1) is 0 Å². The Bertz CT molecular complexity index is 488. The molecule has 120 valence electrons. The number of carbonyl (C=O) groups is 2. The Morgan fingerprint density at radius 2 is 1.55 bits per heavy atom. The molecule has 0 spiro atoms. The number of nitrogens with one attached hydrogen (secondary N) is 2. The molecule has 1 amide bonds. The summed E-state index contributed by atoms with van der Waals surface area (Å²) < 4.78 is 0. The molecule has 1 saturated carbocycles. The maximum absolute atomic E-state index is 12.0. The predicted molar refractivity (Wildman–Crippen MR) is 88.3 cm³/mol. The van der Waals surface area contributed by atoms with Crippen LogP contribution in [-0.4, -0.2) is 30.8 Å². The van der Waals surface area contributed by atoms with E-state index in [9.17, 15) is 9.59 Å². The van der Waals surface area contributed by atoms with Gasteiger partial charge in [0.2, 0.25) is 0 Å². The van der Waals surface area contributed by atoms with E-state index >= 15 is 0 Å². The Kier molecular flexibility index (Phi) is 6.59. The zero-order valence-corrected chi connectivity index (χ0v) is 13.4. The van der Waals surface area contributed by atoms with E-state index in [0.717, 1.165) is 6.54 Å².